The highest BCUT2D eigenvalue weighted by Gasteiger charge is 2.24. The lowest BCUT2D eigenvalue weighted by atomic mass is 10.0. The molecule has 0 aromatic rings. The molecule has 0 aliphatic heterocycles. The molecule has 0 saturated heterocycles. The summed E-state index contributed by atoms with van der Waals surface area (Å²) in [4.78, 5) is 22.1. The van der Waals surface area contributed by atoms with Crippen LogP contribution in [0, 0.1) is 0 Å². The molecular weight excluding hydrogens is 260 g/mol. The normalized spacial score (nSPS) is 15.2. The fourth-order valence-corrected chi connectivity index (χ4v) is 1.88. The molecule has 0 aromatic heterocycles. The average molecular weight is 288 g/mol. The summed E-state index contributed by atoms with van der Waals surface area (Å²) < 4.78 is 0. The summed E-state index contributed by atoms with van der Waals surface area (Å²) in [5.41, 5.74) is -1.44. The topological polar surface area (TPSA) is 98.7 Å². The Morgan fingerprint density at radius 1 is 1.25 bits per heavy atom. The monoisotopic (exact) mass is 288 g/mol. The summed E-state index contributed by atoms with van der Waals surface area (Å²) in [6.07, 6.45) is 5.14. The van der Waals surface area contributed by atoms with Gasteiger partial charge in [-0.1, -0.05) is 32.6 Å². The van der Waals surface area contributed by atoms with E-state index in [2.05, 4.69) is 17.6 Å². The first-order valence-electron chi connectivity index (χ1n) is 7.25. The minimum absolute atomic E-state index is 0.0660. The Bertz CT molecular complexity index is 306. The third-order valence-corrected chi connectivity index (χ3v) is 3.03. The van der Waals surface area contributed by atoms with Gasteiger partial charge in [0.25, 0.3) is 0 Å². The highest BCUT2D eigenvalue weighted by atomic mass is 16.4. The van der Waals surface area contributed by atoms with Gasteiger partial charge >= 0.3 is 12.0 Å². The summed E-state index contributed by atoms with van der Waals surface area (Å²) in [5.74, 6) is -1.10. The van der Waals surface area contributed by atoms with Gasteiger partial charge < -0.3 is 20.8 Å². The lowest BCUT2D eigenvalue weighted by molar-refractivity contribution is -0.141. The molecule has 2 unspecified atom stereocenters. The molecule has 4 N–H and O–H groups in total. The standard InChI is InChI=1S/C14H28N2O4/c1-4-5-6-7-8-11(2)16-13(19)15-10-14(3,20)9-12(17)18/h11,20H,4-10H2,1-3H3,(H,17,18)(H2,15,16,19). The largest absolute Gasteiger partial charge is 0.481 e. The van der Waals surface area contributed by atoms with Crippen LogP contribution in [0.5, 0.6) is 0 Å². The van der Waals surface area contributed by atoms with Crippen molar-refractivity contribution in [1.29, 1.82) is 0 Å². The van der Waals surface area contributed by atoms with E-state index in [-0.39, 0.29) is 18.6 Å². The van der Waals surface area contributed by atoms with E-state index in [4.69, 9.17) is 5.11 Å². The highest BCUT2D eigenvalue weighted by molar-refractivity contribution is 5.74. The number of carboxylic acids is 1. The molecule has 0 heterocycles. The minimum Gasteiger partial charge on any atom is -0.481 e. The van der Waals surface area contributed by atoms with Crippen molar-refractivity contribution in [3.8, 4) is 0 Å². The molecule has 2 amide bonds. The zero-order chi connectivity index (χ0) is 15.6. The molecule has 0 fully saturated rings. The lowest BCUT2D eigenvalue weighted by Crippen LogP contribution is -2.47. The van der Waals surface area contributed by atoms with E-state index in [1.165, 1.54) is 19.8 Å². The van der Waals surface area contributed by atoms with Crippen molar-refractivity contribution in [3.05, 3.63) is 0 Å². The van der Waals surface area contributed by atoms with Gasteiger partial charge in [-0.15, -0.1) is 0 Å². The van der Waals surface area contributed by atoms with Crippen LogP contribution in [0.4, 0.5) is 4.79 Å². The maximum Gasteiger partial charge on any atom is 0.315 e. The third kappa shape index (κ3) is 10.6. The number of unbranched alkanes of at least 4 members (excludes halogenated alkanes) is 3. The Morgan fingerprint density at radius 2 is 1.90 bits per heavy atom. The second-order valence-corrected chi connectivity index (χ2v) is 5.64. The quantitative estimate of drug-likeness (QED) is 0.461. The van der Waals surface area contributed by atoms with Crippen molar-refractivity contribution in [2.24, 2.45) is 0 Å². The van der Waals surface area contributed by atoms with Crippen LogP contribution in [0.15, 0.2) is 0 Å². The Morgan fingerprint density at radius 3 is 2.45 bits per heavy atom. The van der Waals surface area contributed by atoms with Crippen molar-refractivity contribution >= 4 is 12.0 Å². The van der Waals surface area contributed by atoms with Crippen LogP contribution in [0.25, 0.3) is 0 Å². The maximum atomic E-state index is 11.6. The molecule has 2 atom stereocenters. The predicted molar refractivity (Wildman–Crippen MR) is 77.6 cm³/mol. The van der Waals surface area contributed by atoms with Crippen molar-refractivity contribution in [1.82, 2.24) is 10.6 Å². The highest BCUT2D eigenvalue weighted by Crippen LogP contribution is 2.07. The molecule has 0 saturated carbocycles. The molecule has 0 rings (SSSR count). The first-order chi connectivity index (χ1) is 9.26. The van der Waals surface area contributed by atoms with Gasteiger partial charge in [0, 0.05) is 12.6 Å². The van der Waals surface area contributed by atoms with E-state index in [1.54, 1.807) is 0 Å². The Balaban J connectivity index is 3.84. The number of aliphatic carboxylic acids is 1. The Labute approximate surface area is 120 Å². The summed E-state index contributed by atoms with van der Waals surface area (Å²) in [5, 5.41) is 23.6. The second-order valence-electron chi connectivity index (χ2n) is 5.64. The molecule has 0 aliphatic rings. The van der Waals surface area contributed by atoms with Gasteiger partial charge in [0.05, 0.1) is 12.0 Å². The first-order valence-corrected chi connectivity index (χ1v) is 7.25. The van der Waals surface area contributed by atoms with Crippen LogP contribution in [0.2, 0.25) is 0 Å². The van der Waals surface area contributed by atoms with Crippen molar-refractivity contribution in [2.45, 2.75) is 70.9 Å². The van der Waals surface area contributed by atoms with E-state index in [0.717, 1.165) is 19.3 Å². The number of nitrogens with one attached hydrogen (secondary N) is 2. The number of rotatable bonds is 10. The molecule has 6 heteroatoms. The molecule has 0 spiro atoms. The average Bonchev–Trinajstić information content (AvgIpc) is 2.31. The van der Waals surface area contributed by atoms with E-state index in [9.17, 15) is 14.7 Å². The summed E-state index contributed by atoms with van der Waals surface area (Å²) >= 11 is 0. The van der Waals surface area contributed by atoms with Crippen LogP contribution >= 0.6 is 0 Å². The fraction of sp³-hybridized carbons (Fsp3) is 0.857. The van der Waals surface area contributed by atoms with Gasteiger partial charge in [-0.25, -0.2) is 4.79 Å². The fourth-order valence-electron chi connectivity index (χ4n) is 1.88. The number of carbonyl (C=O) groups is 2. The molecule has 0 radical (unpaired) electrons. The summed E-state index contributed by atoms with van der Waals surface area (Å²) in [6, 6.07) is -0.310. The van der Waals surface area contributed by atoms with Gasteiger partial charge in [-0.3, -0.25) is 4.79 Å². The molecule has 6 nitrogen and oxygen atoms in total. The smallest absolute Gasteiger partial charge is 0.315 e. The Hall–Kier alpha value is -1.30. The maximum absolute atomic E-state index is 11.6. The van der Waals surface area contributed by atoms with Gasteiger partial charge in [0.2, 0.25) is 0 Å². The molecule has 0 aliphatic carbocycles. The zero-order valence-electron chi connectivity index (χ0n) is 12.7. The van der Waals surface area contributed by atoms with E-state index in [0.29, 0.717) is 0 Å². The lowest BCUT2D eigenvalue weighted by Gasteiger charge is -2.22. The van der Waals surface area contributed by atoms with Crippen molar-refractivity contribution in [2.75, 3.05) is 6.54 Å². The molecule has 0 bridgehead atoms. The van der Waals surface area contributed by atoms with E-state index in [1.807, 2.05) is 6.92 Å². The molecule has 0 aromatic carbocycles. The number of carboxylic acid groups (broad SMARTS) is 1. The number of urea groups is 1. The summed E-state index contributed by atoms with van der Waals surface area (Å²) in [6.45, 7) is 5.38. The Kier molecular flexibility index (Phi) is 8.96. The number of amides is 2. The summed E-state index contributed by atoms with van der Waals surface area (Å²) in [7, 11) is 0. The van der Waals surface area contributed by atoms with Gasteiger partial charge in [-0.05, 0) is 20.3 Å². The van der Waals surface area contributed by atoms with Gasteiger partial charge in [-0.2, -0.15) is 0 Å². The SMILES string of the molecule is CCCCCCC(C)NC(=O)NCC(C)(O)CC(=O)O. The third-order valence-electron chi connectivity index (χ3n) is 3.03. The first kappa shape index (κ1) is 18.7. The zero-order valence-corrected chi connectivity index (χ0v) is 12.7. The van der Waals surface area contributed by atoms with Crippen LogP contribution in [-0.4, -0.2) is 40.4 Å². The van der Waals surface area contributed by atoms with Gasteiger partial charge in [0.1, 0.15) is 0 Å². The number of carbonyl (C=O) groups excluding carboxylic acids is 1. The molecular formula is C14H28N2O4. The van der Waals surface area contributed by atoms with E-state index < -0.39 is 18.0 Å². The van der Waals surface area contributed by atoms with Crippen LogP contribution in [0.1, 0.15) is 59.3 Å². The number of aliphatic hydroxyl groups is 1. The molecule has 118 valence electrons. The minimum atomic E-state index is -1.44. The van der Waals surface area contributed by atoms with Crippen LogP contribution < -0.4 is 10.6 Å². The van der Waals surface area contributed by atoms with Crippen LogP contribution in [-0.2, 0) is 4.79 Å². The molecule has 20 heavy (non-hydrogen) atoms. The second kappa shape index (κ2) is 9.58. The number of hydrogen-bond acceptors (Lipinski definition) is 3. The van der Waals surface area contributed by atoms with Crippen molar-refractivity contribution < 1.29 is 19.8 Å². The van der Waals surface area contributed by atoms with E-state index >= 15 is 0 Å². The number of hydrogen-bond donors (Lipinski definition) is 4. The predicted octanol–water partition coefficient (Wildman–Crippen LogP) is 1.87. The van der Waals surface area contributed by atoms with Crippen molar-refractivity contribution in [3.63, 3.8) is 0 Å². The van der Waals surface area contributed by atoms with Gasteiger partial charge in [0.15, 0.2) is 0 Å². The van der Waals surface area contributed by atoms with Crippen LogP contribution in [0.3, 0.4) is 0 Å².